The van der Waals surface area contributed by atoms with Gasteiger partial charge in [-0.15, -0.1) is 0 Å². The van der Waals surface area contributed by atoms with E-state index in [0.29, 0.717) is 12.8 Å². The highest BCUT2D eigenvalue weighted by Crippen LogP contribution is 2.48. The molecule has 0 radical (unpaired) electrons. The lowest BCUT2D eigenvalue weighted by Crippen LogP contribution is -2.68. The Morgan fingerprint density at radius 2 is 1.55 bits per heavy atom. The molecule has 0 aromatic rings. The predicted molar refractivity (Wildman–Crippen MR) is 75.9 cm³/mol. The minimum absolute atomic E-state index is 0.0347. The van der Waals surface area contributed by atoms with E-state index in [-0.39, 0.29) is 11.8 Å². The van der Waals surface area contributed by atoms with Crippen LogP contribution >= 0.6 is 0 Å². The molecule has 114 valence electrons. The summed E-state index contributed by atoms with van der Waals surface area (Å²) in [5, 5.41) is 2.91. The van der Waals surface area contributed by atoms with E-state index in [4.69, 9.17) is 4.74 Å². The second-order valence-electron chi connectivity index (χ2n) is 7.89. The summed E-state index contributed by atoms with van der Waals surface area (Å²) < 4.78 is 6.09. The fourth-order valence-corrected chi connectivity index (χ4v) is 4.47. The van der Waals surface area contributed by atoms with Gasteiger partial charge in [-0.2, -0.15) is 0 Å². The smallest absolute Gasteiger partial charge is 0.254 e. The van der Waals surface area contributed by atoms with Crippen LogP contribution < -0.4 is 5.32 Å². The molecule has 0 saturated carbocycles. The van der Waals surface area contributed by atoms with Crippen LogP contribution in [-0.4, -0.2) is 39.1 Å². The molecule has 0 aliphatic carbocycles. The molecule has 1 N–H and O–H groups in total. The van der Waals surface area contributed by atoms with Gasteiger partial charge in [0, 0.05) is 30.8 Å². The van der Waals surface area contributed by atoms with Gasteiger partial charge in [-0.1, -0.05) is 0 Å². The summed E-state index contributed by atoms with van der Waals surface area (Å²) in [4.78, 5) is 26.4. The molecule has 2 aliphatic heterocycles. The van der Waals surface area contributed by atoms with E-state index in [1.165, 1.54) is 0 Å². The van der Waals surface area contributed by atoms with Gasteiger partial charge in [0.15, 0.2) is 5.60 Å². The van der Waals surface area contributed by atoms with Crippen molar-refractivity contribution in [2.24, 2.45) is 0 Å². The summed E-state index contributed by atoms with van der Waals surface area (Å²) in [5.74, 6) is -0.0284. The molecule has 0 atom stereocenters. The van der Waals surface area contributed by atoms with Crippen molar-refractivity contribution in [2.45, 2.75) is 83.7 Å². The van der Waals surface area contributed by atoms with Gasteiger partial charge < -0.3 is 15.0 Å². The van der Waals surface area contributed by atoms with E-state index < -0.39 is 22.4 Å². The van der Waals surface area contributed by atoms with Crippen LogP contribution in [0.4, 0.5) is 0 Å². The summed E-state index contributed by atoms with van der Waals surface area (Å²) in [5.41, 5.74) is -2.35. The van der Waals surface area contributed by atoms with E-state index >= 15 is 0 Å². The number of nitrogens with zero attached hydrogens (tertiary/aromatic N) is 1. The van der Waals surface area contributed by atoms with E-state index in [1.807, 2.05) is 46.4 Å². The zero-order chi connectivity index (χ0) is 15.6. The van der Waals surface area contributed by atoms with Crippen LogP contribution in [0, 0.1) is 0 Å². The van der Waals surface area contributed by atoms with Gasteiger partial charge in [0.2, 0.25) is 5.91 Å². The van der Waals surface area contributed by atoms with Crippen molar-refractivity contribution in [1.82, 2.24) is 10.2 Å². The fraction of sp³-hybridized carbons (Fsp3) is 0.867. The molecule has 20 heavy (non-hydrogen) atoms. The third-order valence-corrected chi connectivity index (χ3v) is 4.24. The van der Waals surface area contributed by atoms with Crippen molar-refractivity contribution in [1.29, 1.82) is 0 Å². The summed E-state index contributed by atoms with van der Waals surface area (Å²) in [7, 11) is 0. The third kappa shape index (κ3) is 2.22. The normalized spacial score (nSPS) is 29.4. The zero-order valence-corrected chi connectivity index (χ0v) is 13.6. The number of carbonyl (C=O) groups is 2. The first kappa shape index (κ1) is 15.3. The van der Waals surface area contributed by atoms with E-state index in [2.05, 4.69) is 5.32 Å². The second-order valence-corrected chi connectivity index (χ2v) is 7.89. The van der Waals surface area contributed by atoms with Crippen molar-refractivity contribution in [3.8, 4) is 0 Å². The maximum Gasteiger partial charge on any atom is 0.254 e. The molecule has 2 amide bonds. The van der Waals surface area contributed by atoms with Crippen LogP contribution in [0.5, 0.6) is 0 Å². The topological polar surface area (TPSA) is 58.6 Å². The predicted octanol–water partition coefficient (Wildman–Crippen LogP) is 1.81. The molecule has 2 aliphatic rings. The molecule has 0 aromatic carbocycles. The van der Waals surface area contributed by atoms with Crippen molar-refractivity contribution in [2.75, 3.05) is 0 Å². The van der Waals surface area contributed by atoms with Crippen LogP contribution in [0.15, 0.2) is 0 Å². The highest BCUT2D eigenvalue weighted by Gasteiger charge is 2.62. The quantitative estimate of drug-likeness (QED) is 0.737. The van der Waals surface area contributed by atoms with Gasteiger partial charge in [-0.3, -0.25) is 9.59 Å². The van der Waals surface area contributed by atoms with Gasteiger partial charge in [0.25, 0.3) is 5.91 Å². The Morgan fingerprint density at radius 3 is 1.85 bits per heavy atom. The molecule has 5 nitrogen and oxygen atoms in total. The number of nitrogens with one attached hydrogen (secondary N) is 1. The van der Waals surface area contributed by atoms with Crippen LogP contribution in [0.2, 0.25) is 0 Å². The minimum atomic E-state index is -0.845. The maximum absolute atomic E-state index is 12.5. The second kappa shape index (κ2) is 3.97. The van der Waals surface area contributed by atoms with E-state index in [1.54, 1.807) is 6.92 Å². The molecule has 2 saturated heterocycles. The Bertz CT molecular complexity index is 448. The van der Waals surface area contributed by atoms with Crippen molar-refractivity contribution in [3.05, 3.63) is 0 Å². The lowest BCUT2D eigenvalue weighted by Gasteiger charge is -2.57. The lowest BCUT2D eigenvalue weighted by atomic mass is 9.70. The molecule has 0 bridgehead atoms. The van der Waals surface area contributed by atoms with E-state index in [0.717, 1.165) is 0 Å². The van der Waals surface area contributed by atoms with Gasteiger partial charge in [0.1, 0.15) is 5.72 Å². The van der Waals surface area contributed by atoms with E-state index in [9.17, 15) is 9.59 Å². The molecule has 2 heterocycles. The number of hydrogen-bond acceptors (Lipinski definition) is 3. The van der Waals surface area contributed by atoms with Crippen LogP contribution in [-0.2, 0) is 14.3 Å². The summed E-state index contributed by atoms with van der Waals surface area (Å²) in [6, 6.07) is 0. The molecule has 0 aromatic heterocycles. The van der Waals surface area contributed by atoms with Crippen LogP contribution in [0.1, 0.15) is 61.3 Å². The van der Waals surface area contributed by atoms with Gasteiger partial charge in [-0.05, 0) is 41.5 Å². The van der Waals surface area contributed by atoms with Crippen molar-refractivity contribution in [3.63, 3.8) is 0 Å². The average Bonchev–Trinajstić information content (AvgIpc) is 2.28. The average molecular weight is 282 g/mol. The first-order chi connectivity index (χ1) is 8.81. The molecule has 2 fully saturated rings. The molecule has 1 spiro atoms. The maximum atomic E-state index is 12.5. The number of rotatable bonds is 0. The summed E-state index contributed by atoms with van der Waals surface area (Å²) in [6.07, 6.45) is 1.02. The third-order valence-electron chi connectivity index (χ3n) is 4.24. The monoisotopic (exact) mass is 282 g/mol. The molecular formula is C15H26N2O3. The van der Waals surface area contributed by atoms with Crippen LogP contribution in [0.3, 0.4) is 0 Å². The van der Waals surface area contributed by atoms with Crippen molar-refractivity contribution < 1.29 is 14.3 Å². The summed E-state index contributed by atoms with van der Waals surface area (Å²) in [6.45, 7) is 13.3. The standard InChI is InChI=1S/C15H26N2O3/c1-10(18)17-12(2,3)8-15(9-13(17,4)5)11(19)16-14(6,7)20-15/h8-9H2,1-7H3,(H,16,19). The zero-order valence-electron chi connectivity index (χ0n) is 13.6. The fourth-order valence-electron chi connectivity index (χ4n) is 4.47. The number of likely N-dealkylation sites (tertiary alicyclic amines) is 1. The number of ether oxygens (including phenoxy) is 1. The first-order valence-corrected chi connectivity index (χ1v) is 7.15. The highest BCUT2D eigenvalue weighted by molar-refractivity contribution is 5.88. The Kier molecular flexibility index (Phi) is 3.03. The minimum Gasteiger partial charge on any atom is -0.340 e. The number of hydrogen-bond donors (Lipinski definition) is 1. The van der Waals surface area contributed by atoms with Gasteiger partial charge in [-0.25, -0.2) is 0 Å². The molecule has 5 heteroatoms. The highest BCUT2D eigenvalue weighted by atomic mass is 16.6. The Morgan fingerprint density at radius 1 is 1.10 bits per heavy atom. The number of amides is 2. The lowest BCUT2D eigenvalue weighted by molar-refractivity contribution is -0.187. The van der Waals surface area contributed by atoms with Crippen LogP contribution in [0.25, 0.3) is 0 Å². The number of carbonyl (C=O) groups excluding carboxylic acids is 2. The Hall–Kier alpha value is -1.10. The van der Waals surface area contributed by atoms with Crippen molar-refractivity contribution >= 4 is 11.8 Å². The number of piperidine rings is 1. The largest absolute Gasteiger partial charge is 0.340 e. The molecular weight excluding hydrogens is 256 g/mol. The first-order valence-electron chi connectivity index (χ1n) is 7.15. The molecule has 0 unspecified atom stereocenters. The Balaban J connectivity index is 2.44. The van der Waals surface area contributed by atoms with Gasteiger partial charge >= 0.3 is 0 Å². The SMILES string of the molecule is CC(=O)N1C(C)(C)CC2(CC1(C)C)OC(C)(C)NC2=O. The Labute approximate surface area is 121 Å². The molecule has 2 rings (SSSR count). The summed E-state index contributed by atoms with van der Waals surface area (Å²) >= 11 is 0. The van der Waals surface area contributed by atoms with Gasteiger partial charge in [0.05, 0.1) is 0 Å².